The zero-order valence-electron chi connectivity index (χ0n) is 23.0. The highest BCUT2D eigenvalue weighted by Crippen LogP contribution is 2.33. The maximum Gasteiger partial charge on any atom is 0.261 e. The quantitative estimate of drug-likeness (QED) is 0.426. The van der Waals surface area contributed by atoms with E-state index < -0.39 is 23.1 Å². The first kappa shape index (κ1) is 27.9. The number of nitrogens with one attached hydrogen (secondary N) is 1. The Bertz CT molecular complexity index is 1440. The minimum absolute atomic E-state index is 0.150. The molecule has 3 heterocycles. The number of aromatic nitrogens is 2. The van der Waals surface area contributed by atoms with Crippen molar-refractivity contribution in [1.29, 1.82) is 0 Å². The first-order chi connectivity index (χ1) is 19.3. The highest BCUT2D eigenvalue weighted by Gasteiger charge is 2.29. The number of methoxy groups -OCH3 is 1. The molecule has 1 aromatic heterocycles. The number of carbonyl (C=O) groups excluding carboxylic acids is 2. The van der Waals surface area contributed by atoms with E-state index in [1.807, 2.05) is 17.6 Å². The van der Waals surface area contributed by atoms with Crippen LogP contribution in [0.15, 0.2) is 43.0 Å². The minimum atomic E-state index is -1.21. The summed E-state index contributed by atoms with van der Waals surface area (Å²) in [5.41, 5.74) is 3.20. The van der Waals surface area contributed by atoms with Gasteiger partial charge in [0.2, 0.25) is 11.9 Å². The van der Waals surface area contributed by atoms with Crippen molar-refractivity contribution in [2.24, 2.45) is 0 Å². The van der Waals surface area contributed by atoms with Crippen LogP contribution in [0.3, 0.4) is 0 Å². The zero-order valence-corrected chi connectivity index (χ0v) is 23.0. The van der Waals surface area contributed by atoms with Crippen molar-refractivity contribution in [3.05, 3.63) is 71.3 Å². The van der Waals surface area contributed by atoms with Gasteiger partial charge in [-0.3, -0.25) is 19.8 Å². The van der Waals surface area contributed by atoms with Gasteiger partial charge < -0.3 is 14.2 Å². The largest absolute Gasteiger partial charge is 0.380 e. The van der Waals surface area contributed by atoms with E-state index in [9.17, 15) is 18.4 Å². The molecule has 212 valence electrons. The molecular weight excluding hydrogens is 516 g/mol. The summed E-state index contributed by atoms with van der Waals surface area (Å²) in [6.07, 6.45) is 5.01. The molecule has 2 aromatic carbocycles. The van der Waals surface area contributed by atoms with E-state index in [4.69, 9.17) is 9.72 Å². The fraction of sp³-hybridized carbons (Fsp3) is 0.433. The van der Waals surface area contributed by atoms with Crippen molar-refractivity contribution < 1.29 is 23.1 Å². The highest BCUT2D eigenvalue weighted by molar-refractivity contribution is 6.04. The van der Waals surface area contributed by atoms with Gasteiger partial charge in [-0.2, -0.15) is 0 Å². The Hall–Kier alpha value is -3.63. The fourth-order valence-corrected chi connectivity index (χ4v) is 5.94. The SMILES string of the molecule is C=CC(=O)N1CCCCC(n2c(NC(=O)c3cccc(F)c3F)nc3cc(CN4CCC(OC)C4)cc(C)c32)C1. The normalized spacial score (nSPS) is 20.1. The summed E-state index contributed by atoms with van der Waals surface area (Å²) in [6, 6.07) is 7.46. The monoisotopic (exact) mass is 551 g/mol. The second kappa shape index (κ2) is 11.9. The smallest absolute Gasteiger partial charge is 0.261 e. The number of benzene rings is 2. The number of amides is 2. The van der Waals surface area contributed by atoms with Crippen LogP contribution in [0.4, 0.5) is 14.7 Å². The van der Waals surface area contributed by atoms with Crippen molar-refractivity contribution in [2.45, 2.75) is 51.3 Å². The molecule has 10 heteroatoms. The fourth-order valence-electron chi connectivity index (χ4n) is 5.94. The lowest BCUT2D eigenvalue weighted by molar-refractivity contribution is -0.126. The van der Waals surface area contributed by atoms with E-state index in [-0.39, 0.29) is 24.0 Å². The number of hydrogen-bond acceptors (Lipinski definition) is 5. The Labute approximate surface area is 232 Å². The van der Waals surface area contributed by atoms with E-state index in [0.717, 1.165) is 68.0 Å². The molecule has 40 heavy (non-hydrogen) atoms. The molecule has 5 rings (SSSR count). The predicted octanol–water partition coefficient (Wildman–Crippen LogP) is 4.84. The van der Waals surface area contributed by atoms with Gasteiger partial charge >= 0.3 is 0 Å². The highest BCUT2D eigenvalue weighted by atomic mass is 19.2. The minimum Gasteiger partial charge on any atom is -0.380 e. The summed E-state index contributed by atoms with van der Waals surface area (Å²) in [6.45, 7) is 9.23. The van der Waals surface area contributed by atoms with Gasteiger partial charge in [0, 0.05) is 39.8 Å². The van der Waals surface area contributed by atoms with Gasteiger partial charge in [-0.05, 0) is 68.0 Å². The first-order valence-corrected chi connectivity index (χ1v) is 13.7. The van der Waals surface area contributed by atoms with Gasteiger partial charge in [-0.1, -0.05) is 18.7 Å². The van der Waals surface area contributed by atoms with Crippen LogP contribution in [0.5, 0.6) is 0 Å². The second-order valence-electron chi connectivity index (χ2n) is 10.7. The van der Waals surface area contributed by atoms with Crippen LogP contribution < -0.4 is 5.32 Å². The summed E-state index contributed by atoms with van der Waals surface area (Å²) >= 11 is 0. The molecule has 2 aliphatic heterocycles. The number of carbonyl (C=O) groups is 2. The van der Waals surface area contributed by atoms with Gasteiger partial charge in [-0.25, -0.2) is 13.8 Å². The molecular formula is C30H35F2N5O3. The van der Waals surface area contributed by atoms with E-state index in [2.05, 4.69) is 22.9 Å². The molecule has 2 atom stereocenters. The maximum absolute atomic E-state index is 14.5. The van der Waals surface area contributed by atoms with E-state index in [1.54, 1.807) is 12.0 Å². The molecule has 1 N–H and O–H groups in total. The lowest BCUT2D eigenvalue weighted by Crippen LogP contribution is -2.34. The Kier molecular flexibility index (Phi) is 8.27. The third-order valence-electron chi connectivity index (χ3n) is 7.92. The Morgan fingerprint density at radius 3 is 2.75 bits per heavy atom. The lowest BCUT2D eigenvalue weighted by Gasteiger charge is -2.26. The average molecular weight is 552 g/mol. The summed E-state index contributed by atoms with van der Waals surface area (Å²) in [5, 5.41) is 2.75. The predicted molar refractivity (Wildman–Crippen MR) is 149 cm³/mol. The summed E-state index contributed by atoms with van der Waals surface area (Å²) in [7, 11) is 1.74. The van der Waals surface area contributed by atoms with Crippen molar-refractivity contribution in [3.63, 3.8) is 0 Å². The third kappa shape index (κ3) is 5.64. The molecule has 0 spiro atoms. The molecule has 0 aliphatic carbocycles. The number of anilines is 1. The van der Waals surface area contributed by atoms with Crippen molar-refractivity contribution in [3.8, 4) is 0 Å². The number of rotatable bonds is 7. The number of hydrogen-bond donors (Lipinski definition) is 1. The first-order valence-electron chi connectivity index (χ1n) is 13.7. The van der Waals surface area contributed by atoms with Crippen LogP contribution in [0.25, 0.3) is 11.0 Å². The van der Waals surface area contributed by atoms with Gasteiger partial charge in [0.1, 0.15) is 0 Å². The average Bonchev–Trinajstić information content (AvgIpc) is 3.45. The molecule has 0 radical (unpaired) electrons. The van der Waals surface area contributed by atoms with Gasteiger partial charge in [0.05, 0.1) is 28.7 Å². The Morgan fingerprint density at radius 2 is 2.00 bits per heavy atom. The van der Waals surface area contributed by atoms with E-state index in [1.165, 1.54) is 18.2 Å². The number of imidazole rings is 1. The number of likely N-dealkylation sites (tertiary alicyclic amines) is 2. The summed E-state index contributed by atoms with van der Waals surface area (Å²) in [5.74, 6) is -3.01. The van der Waals surface area contributed by atoms with Crippen molar-refractivity contribution in [2.75, 3.05) is 38.6 Å². The summed E-state index contributed by atoms with van der Waals surface area (Å²) in [4.78, 5) is 34.6. The van der Waals surface area contributed by atoms with Crippen LogP contribution in [-0.4, -0.2) is 70.6 Å². The van der Waals surface area contributed by atoms with Crippen LogP contribution >= 0.6 is 0 Å². The molecule has 2 aliphatic rings. The molecule has 0 bridgehead atoms. The topological polar surface area (TPSA) is 79.7 Å². The van der Waals surface area contributed by atoms with Crippen LogP contribution in [0.1, 0.15) is 53.2 Å². The second-order valence-corrected chi connectivity index (χ2v) is 10.7. The molecule has 2 saturated heterocycles. The molecule has 2 unspecified atom stereocenters. The molecule has 2 amide bonds. The molecule has 2 fully saturated rings. The maximum atomic E-state index is 14.5. The van der Waals surface area contributed by atoms with Crippen LogP contribution in [-0.2, 0) is 16.1 Å². The van der Waals surface area contributed by atoms with Crippen molar-refractivity contribution >= 4 is 28.8 Å². The molecule has 8 nitrogen and oxygen atoms in total. The van der Waals surface area contributed by atoms with Gasteiger partial charge in [-0.15, -0.1) is 0 Å². The zero-order chi connectivity index (χ0) is 28.4. The standard InChI is InChI=1S/C30H35F2N5O3/c1-4-26(38)36-12-6-5-8-21(17-36)37-28-19(2)14-20(16-35-13-11-22(18-35)40-3)15-25(28)33-30(37)34-29(39)23-9-7-10-24(31)27(23)32/h4,7,9-10,14-15,21-22H,1,5-6,8,11-13,16-18H2,2-3H3,(H,33,34,39). The van der Waals surface area contributed by atoms with Gasteiger partial charge in [0.15, 0.2) is 11.6 Å². The number of nitrogens with zero attached hydrogens (tertiary/aromatic N) is 4. The number of halogens is 2. The molecule has 0 saturated carbocycles. The third-order valence-corrected chi connectivity index (χ3v) is 7.92. The van der Waals surface area contributed by atoms with Crippen molar-refractivity contribution in [1.82, 2.24) is 19.4 Å². The Balaban J connectivity index is 1.55. The van der Waals surface area contributed by atoms with Crippen LogP contribution in [0, 0.1) is 18.6 Å². The van der Waals surface area contributed by atoms with E-state index in [0.29, 0.717) is 18.6 Å². The van der Waals surface area contributed by atoms with E-state index >= 15 is 0 Å². The Morgan fingerprint density at radius 1 is 1.18 bits per heavy atom. The number of aryl methyl sites for hydroxylation is 1. The number of ether oxygens (including phenoxy) is 1. The number of fused-ring (bicyclic) bond motifs is 1. The van der Waals surface area contributed by atoms with Gasteiger partial charge in [0.25, 0.3) is 5.91 Å². The molecule has 3 aromatic rings. The summed E-state index contributed by atoms with van der Waals surface area (Å²) < 4.78 is 35.8. The lowest BCUT2D eigenvalue weighted by atomic mass is 10.1. The van der Waals surface area contributed by atoms with Crippen LogP contribution in [0.2, 0.25) is 0 Å².